The summed E-state index contributed by atoms with van der Waals surface area (Å²) in [5.74, 6) is 0.745. The lowest BCUT2D eigenvalue weighted by Gasteiger charge is -2.34. The van der Waals surface area contributed by atoms with Gasteiger partial charge in [0.15, 0.2) is 0 Å². The molecule has 1 heterocycles. The van der Waals surface area contributed by atoms with Gasteiger partial charge in [-0.1, -0.05) is 0 Å². The van der Waals surface area contributed by atoms with Crippen molar-refractivity contribution in [3.8, 4) is 5.75 Å². The highest BCUT2D eigenvalue weighted by molar-refractivity contribution is 5.82. The predicted molar refractivity (Wildman–Crippen MR) is 99.2 cm³/mol. The number of aromatic amines is 1. The van der Waals surface area contributed by atoms with Gasteiger partial charge in [-0.25, -0.2) is 0 Å². The molecule has 0 unspecified atom stereocenters. The molecule has 2 aromatic rings. The van der Waals surface area contributed by atoms with Crippen molar-refractivity contribution < 1.29 is 17.9 Å². The smallest absolute Gasteiger partial charge is 0.389 e. The van der Waals surface area contributed by atoms with Gasteiger partial charge in [0.2, 0.25) is 0 Å². The van der Waals surface area contributed by atoms with Crippen LogP contribution in [0.3, 0.4) is 0 Å². The van der Waals surface area contributed by atoms with E-state index in [2.05, 4.69) is 4.98 Å². The van der Waals surface area contributed by atoms with E-state index >= 15 is 0 Å². The van der Waals surface area contributed by atoms with Crippen molar-refractivity contribution in [2.75, 3.05) is 13.6 Å². The Morgan fingerprint density at radius 2 is 1.93 bits per heavy atom. The van der Waals surface area contributed by atoms with Crippen molar-refractivity contribution in [2.24, 2.45) is 0 Å². The quantitative estimate of drug-likeness (QED) is 0.801. The summed E-state index contributed by atoms with van der Waals surface area (Å²) in [6, 6.07) is 7.61. The Morgan fingerprint density at radius 1 is 1.19 bits per heavy atom. The molecule has 1 fully saturated rings. The summed E-state index contributed by atoms with van der Waals surface area (Å²) in [7, 11) is 1.91. The van der Waals surface area contributed by atoms with E-state index in [9.17, 15) is 18.0 Å². The van der Waals surface area contributed by atoms with Crippen LogP contribution in [0.1, 0.15) is 38.5 Å². The summed E-state index contributed by atoms with van der Waals surface area (Å²) >= 11 is 0. The summed E-state index contributed by atoms with van der Waals surface area (Å²) < 4.78 is 42.9. The van der Waals surface area contributed by atoms with Crippen molar-refractivity contribution in [2.45, 2.75) is 56.8 Å². The average Bonchev–Trinajstić information content (AvgIpc) is 2.61. The molecule has 1 N–H and O–H groups in total. The third-order valence-electron chi connectivity index (χ3n) is 5.29. The fourth-order valence-corrected chi connectivity index (χ4v) is 3.75. The van der Waals surface area contributed by atoms with Crippen molar-refractivity contribution in [3.05, 3.63) is 40.8 Å². The van der Waals surface area contributed by atoms with Gasteiger partial charge < -0.3 is 14.6 Å². The van der Waals surface area contributed by atoms with Gasteiger partial charge in [0.1, 0.15) is 5.75 Å². The first kappa shape index (κ1) is 19.7. The van der Waals surface area contributed by atoms with Crippen LogP contribution in [0, 0.1) is 0 Å². The molecule has 0 bridgehead atoms. The zero-order valence-corrected chi connectivity index (χ0v) is 15.4. The molecule has 27 heavy (non-hydrogen) atoms. The first-order valence-corrected chi connectivity index (χ1v) is 9.37. The van der Waals surface area contributed by atoms with Crippen molar-refractivity contribution in [3.63, 3.8) is 0 Å². The molecule has 3 rings (SSSR count). The second-order valence-corrected chi connectivity index (χ2v) is 7.30. The van der Waals surface area contributed by atoms with Gasteiger partial charge in [-0.3, -0.25) is 4.79 Å². The van der Waals surface area contributed by atoms with Gasteiger partial charge >= 0.3 is 6.18 Å². The van der Waals surface area contributed by atoms with Crippen LogP contribution in [0.15, 0.2) is 35.3 Å². The number of pyridine rings is 1. The Morgan fingerprint density at radius 3 is 2.63 bits per heavy atom. The normalized spacial score (nSPS) is 20.9. The molecule has 0 radical (unpaired) electrons. The van der Waals surface area contributed by atoms with Gasteiger partial charge in [-0.05, 0) is 75.3 Å². The maximum Gasteiger partial charge on any atom is 0.389 e. The molecule has 0 saturated heterocycles. The molecule has 7 heteroatoms. The number of nitrogens with zero attached hydrogens (tertiary/aromatic N) is 1. The number of H-pyrrole nitrogens is 1. The third-order valence-corrected chi connectivity index (χ3v) is 5.29. The Bertz CT molecular complexity index is 811. The minimum Gasteiger partial charge on any atom is -0.490 e. The fraction of sp³-hybridized carbons (Fsp3) is 0.550. The molecule has 148 valence electrons. The molecular weight excluding hydrogens is 357 g/mol. The van der Waals surface area contributed by atoms with Crippen LogP contribution >= 0.6 is 0 Å². The fourth-order valence-electron chi connectivity index (χ4n) is 3.75. The number of rotatable bonds is 6. The number of hydrogen-bond acceptors (Lipinski definition) is 3. The Labute approximate surface area is 156 Å². The maximum atomic E-state index is 12.3. The van der Waals surface area contributed by atoms with Gasteiger partial charge in [-0.15, -0.1) is 0 Å². The molecule has 1 aromatic heterocycles. The number of aromatic nitrogens is 1. The molecule has 1 saturated carbocycles. The van der Waals surface area contributed by atoms with Gasteiger partial charge in [0, 0.05) is 24.0 Å². The van der Waals surface area contributed by atoms with E-state index in [0.29, 0.717) is 18.0 Å². The molecular formula is C20H25F3N2O2. The Hall–Kier alpha value is -2.02. The van der Waals surface area contributed by atoms with Crippen LogP contribution in [0.2, 0.25) is 0 Å². The number of ether oxygens (including phenoxy) is 1. The van der Waals surface area contributed by atoms with E-state index in [-0.39, 0.29) is 18.1 Å². The minimum atomic E-state index is -4.07. The standard InChI is InChI=1S/C20H25F3N2O2/c1-25(12-2-10-20(21,22)23)15-3-5-16(6-4-15)27-17-7-8-18-14(13-17)9-11-24-19(18)26/h7-9,11,13,15-16H,2-6,10,12H2,1H3,(H,24,26). The highest BCUT2D eigenvalue weighted by Gasteiger charge is 2.28. The number of benzene rings is 1. The largest absolute Gasteiger partial charge is 0.490 e. The molecule has 1 aliphatic rings. The lowest BCUT2D eigenvalue weighted by Crippen LogP contribution is -2.38. The zero-order chi connectivity index (χ0) is 19.4. The molecule has 4 nitrogen and oxygen atoms in total. The second kappa shape index (κ2) is 8.33. The van der Waals surface area contributed by atoms with E-state index in [1.165, 1.54) is 0 Å². The summed E-state index contributed by atoms with van der Waals surface area (Å²) in [5, 5.41) is 1.48. The topological polar surface area (TPSA) is 45.3 Å². The van der Waals surface area contributed by atoms with Crippen molar-refractivity contribution >= 4 is 10.8 Å². The summed E-state index contributed by atoms with van der Waals surface area (Å²) in [6.07, 6.45) is 0.660. The third kappa shape index (κ3) is 5.48. The number of hydrogen-bond donors (Lipinski definition) is 1. The summed E-state index contributed by atoms with van der Waals surface area (Å²) in [6.45, 7) is 0.467. The van der Waals surface area contributed by atoms with Crippen LogP contribution in [0.25, 0.3) is 10.8 Å². The van der Waals surface area contributed by atoms with Gasteiger partial charge in [-0.2, -0.15) is 13.2 Å². The number of nitrogens with one attached hydrogen (secondary N) is 1. The van der Waals surface area contributed by atoms with E-state index in [4.69, 9.17) is 4.74 Å². The first-order valence-electron chi connectivity index (χ1n) is 9.37. The van der Waals surface area contributed by atoms with Crippen molar-refractivity contribution in [1.29, 1.82) is 0 Å². The van der Waals surface area contributed by atoms with E-state index < -0.39 is 12.6 Å². The van der Waals surface area contributed by atoms with E-state index in [1.807, 2.05) is 30.1 Å². The monoisotopic (exact) mass is 382 g/mol. The van der Waals surface area contributed by atoms with E-state index in [0.717, 1.165) is 36.8 Å². The number of halogens is 3. The van der Waals surface area contributed by atoms with Crippen LogP contribution in [-0.2, 0) is 0 Å². The zero-order valence-electron chi connectivity index (χ0n) is 15.4. The van der Waals surface area contributed by atoms with Crippen LogP contribution in [0.5, 0.6) is 5.75 Å². The molecule has 0 atom stereocenters. The predicted octanol–water partition coefficient (Wildman–Crippen LogP) is 4.49. The first-order chi connectivity index (χ1) is 12.8. The summed E-state index contributed by atoms with van der Waals surface area (Å²) in [5.41, 5.74) is -0.117. The van der Waals surface area contributed by atoms with Crippen LogP contribution in [0.4, 0.5) is 13.2 Å². The lowest BCUT2D eigenvalue weighted by atomic mass is 9.92. The molecule has 1 aliphatic carbocycles. The Kier molecular flexibility index (Phi) is 6.09. The number of fused-ring (bicyclic) bond motifs is 1. The Balaban J connectivity index is 1.49. The molecule has 0 aliphatic heterocycles. The van der Waals surface area contributed by atoms with Gasteiger partial charge in [0.05, 0.1) is 6.10 Å². The molecule has 0 spiro atoms. The number of alkyl halides is 3. The van der Waals surface area contributed by atoms with Crippen molar-refractivity contribution in [1.82, 2.24) is 9.88 Å². The van der Waals surface area contributed by atoms with E-state index in [1.54, 1.807) is 12.3 Å². The van der Waals surface area contributed by atoms with Gasteiger partial charge in [0.25, 0.3) is 5.56 Å². The second-order valence-electron chi connectivity index (χ2n) is 7.30. The highest BCUT2D eigenvalue weighted by atomic mass is 19.4. The molecule has 1 aromatic carbocycles. The van der Waals surface area contributed by atoms with Crippen LogP contribution < -0.4 is 10.3 Å². The highest BCUT2D eigenvalue weighted by Crippen LogP contribution is 2.28. The minimum absolute atomic E-state index is 0.101. The average molecular weight is 382 g/mol. The van der Waals surface area contributed by atoms with Crippen LogP contribution in [-0.4, -0.2) is 41.8 Å². The maximum absolute atomic E-state index is 12.3. The lowest BCUT2D eigenvalue weighted by molar-refractivity contribution is -0.136. The SMILES string of the molecule is CN(CCCC(F)(F)F)C1CCC(Oc2ccc3c(=O)[nH]ccc3c2)CC1. The molecule has 0 amide bonds. The summed E-state index contributed by atoms with van der Waals surface area (Å²) in [4.78, 5) is 16.4.